The minimum absolute atomic E-state index is 0.120. The maximum absolute atomic E-state index is 11.6. The SMILES string of the molecule is CC(=O)Nc1cccc2cccc(-c3cc4ccccc4cc3O)c12. The molecule has 4 aromatic rings. The summed E-state index contributed by atoms with van der Waals surface area (Å²) in [7, 11) is 0. The lowest BCUT2D eigenvalue weighted by atomic mass is 9.94. The number of hydrogen-bond donors (Lipinski definition) is 2. The molecule has 0 aromatic heterocycles. The van der Waals surface area contributed by atoms with Crippen LogP contribution in [0.15, 0.2) is 72.8 Å². The Bertz CT molecular complexity index is 1110. The maximum atomic E-state index is 11.6. The van der Waals surface area contributed by atoms with Crippen LogP contribution in [0.1, 0.15) is 6.92 Å². The van der Waals surface area contributed by atoms with Crippen LogP contribution in [-0.2, 0) is 4.79 Å². The van der Waals surface area contributed by atoms with Gasteiger partial charge in [-0.2, -0.15) is 0 Å². The Labute approximate surface area is 145 Å². The molecular weight excluding hydrogens is 310 g/mol. The summed E-state index contributed by atoms with van der Waals surface area (Å²) in [6.07, 6.45) is 0. The number of rotatable bonds is 2. The van der Waals surface area contributed by atoms with Gasteiger partial charge >= 0.3 is 0 Å². The first kappa shape index (κ1) is 15.2. The average Bonchev–Trinajstić information content (AvgIpc) is 2.60. The number of phenolic OH excluding ortho intramolecular Hbond substituents is 1. The number of phenols is 1. The third-order valence-corrected chi connectivity index (χ3v) is 4.37. The summed E-state index contributed by atoms with van der Waals surface area (Å²) in [6.45, 7) is 1.49. The molecule has 122 valence electrons. The predicted molar refractivity (Wildman–Crippen MR) is 103 cm³/mol. The molecule has 0 atom stereocenters. The van der Waals surface area contributed by atoms with Crippen molar-refractivity contribution in [1.29, 1.82) is 0 Å². The molecular formula is C22H17NO2. The number of carbonyl (C=O) groups is 1. The fourth-order valence-electron chi connectivity index (χ4n) is 3.30. The van der Waals surface area contributed by atoms with Gasteiger partial charge < -0.3 is 10.4 Å². The Morgan fingerprint density at radius 3 is 2.16 bits per heavy atom. The summed E-state index contributed by atoms with van der Waals surface area (Å²) in [5.41, 5.74) is 2.39. The number of fused-ring (bicyclic) bond motifs is 2. The van der Waals surface area contributed by atoms with Gasteiger partial charge in [-0.15, -0.1) is 0 Å². The van der Waals surface area contributed by atoms with Gasteiger partial charge in [-0.1, -0.05) is 54.6 Å². The second-order valence-corrected chi connectivity index (χ2v) is 6.11. The monoisotopic (exact) mass is 327 g/mol. The summed E-state index contributed by atoms with van der Waals surface area (Å²) >= 11 is 0. The van der Waals surface area contributed by atoms with E-state index in [1.807, 2.05) is 66.7 Å². The van der Waals surface area contributed by atoms with Gasteiger partial charge in [-0.3, -0.25) is 4.79 Å². The Morgan fingerprint density at radius 2 is 1.44 bits per heavy atom. The minimum Gasteiger partial charge on any atom is -0.507 e. The molecule has 4 aromatic carbocycles. The van der Waals surface area contributed by atoms with Crippen molar-refractivity contribution in [2.24, 2.45) is 0 Å². The number of hydrogen-bond acceptors (Lipinski definition) is 2. The largest absolute Gasteiger partial charge is 0.507 e. The first-order valence-electron chi connectivity index (χ1n) is 8.15. The van der Waals surface area contributed by atoms with Gasteiger partial charge in [0.1, 0.15) is 5.75 Å². The van der Waals surface area contributed by atoms with Gasteiger partial charge in [0.2, 0.25) is 5.91 Å². The molecule has 0 aliphatic carbocycles. The highest BCUT2D eigenvalue weighted by atomic mass is 16.3. The van der Waals surface area contributed by atoms with Crippen molar-refractivity contribution in [1.82, 2.24) is 0 Å². The van der Waals surface area contributed by atoms with E-state index in [2.05, 4.69) is 5.32 Å². The number of nitrogens with one attached hydrogen (secondary N) is 1. The minimum atomic E-state index is -0.120. The molecule has 0 spiro atoms. The highest BCUT2D eigenvalue weighted by Crippen LogP contribution is 2.39. The van der Waals surface area contributed by atoms with Gasteiger partial charge in [0.05, 0.1) is 0 Å². The van der Waals surface area contributed by atoms with E-state index < -0.39 is 0 Å². The molecule has 4 rings (SSSR count). The molecule has 0 aliphatic heterocycles. The summed E-state index contributed by atoms with van der Waals surface area (Å²) in [5.74, 6) is 0.105. The van der Waals surface area contributed by atoms with Crippen molar-refractivity contribution in [3.8, 4) is 16.9 Å². The van der Waals surface area contributed by atoms with Crippen LogP contribution >= 0.6 is 0 Å². The van der Waals surface area contributed by atoms with Gasteiger partial charge in [-0.05, 0) is 39.9 Å². The van der Waals surface area contributed by atoms with E-state index in [1.54, 1.807) is 6.07 Å². The first-order chi connectivity index (χ1) is 12.1. The third kappa shape index (κ3) is 2.70. The van der Waals surface area contributed by atoms with E-state index in [-0.39, 0.29) is 11.7 Å². The highest BCUT2D eigenvalue weighted by Gasteiger charge is 2.13. The zero-order valence-corrected chi connectivity index (χ0v) is 13.8. The van der Waals surface area contributed by atoms with E-state index in [0.717, 1.165) is 38.4 Å². The smallest absolute Gasteiger partial charge is 0.221 e. The number of benzene rings is 4. The summed E-state index contributed by atoms with van der Waals surface area (Å²) in [5, 5.41) is 17.5. The maximum Gasteiger partial charge on any atom is 0.221 e. The topological polar surface area (TPSA) is 49.3 Å². The van der Waals surface area contributed by atoms with Gasteiger partial charge in [0, 0.05) is 23.6 Å². The van der Waals surface area contributed by atoms with Crippen molar-refractivity contribution in [2.75, 3.05) is 5.32 Å². The molecule has 0 saturated carbocycles. The fourth-order valence-corrected chi connectivity index (χ4v) is 3.30. The lowest BCUT2D eigenvalue weighted by Crippen LogP contribution is -2.06. The number of carbonyl (C=O) groups excluding carboxylic acids is 1. The second-order valence-electron chi connectivity index (χ2n) is 6.11. The molecule has 0 fully saturated rings. The van der Waals surface area contributed by atoms with Crippen molar-refractivity contribution in [3.63, 3.8) is 0 Å². The van der Waals surface area contributed by atoms with Gasteiger partial charge in [0.15, 0.2) is 0 Å². The van der Waals surface area contributed by atoms with Crippen molar-refractivity contribution >= 4 is 33.1 Å². The molecule has 0 aliphatic rings. The van der Waals surface area contributed by atoms with Crippen LogP contribution in [-0.4, -0.2) is 11.0 Å². The normalized spacial score (nSPS) is 10.9. The molecule has 0 unspecified atom stereocenters. The Hall–Kier alpha value is -3.33. The Balaban J connectivity index is 2.04. The van der Waals surface area contributed by atoms with Crippen LogP contribution in [0.25, 0.3) is 32.7 Å². The number of amides is 1. The highest BCUT2D eigenvalue weighted by molar-refractivity contribution is 6.10. The van der Waals surface area contributed by atoms with E-state index in [1.165, 1.54) is 6.92 Å². The Morgan fingerprint density at radius 1 is 0.800 bits per heavy atom. The van der Waals surface area contributed by atoms with Crippen LogP contribution in [0.5, 0.6) is 5.75 Å². The zero-order chi connectivity index (χ0) is 17.4. The lowest BCUT2D eigenvalue weighted by Gasteiger charge is -2.14. The number of anilines is 1. The number of aromatic hydroxyl groups is 1. The molecule has 1 amide bonds. The molecule has 0 saturated heterocycles. The van der Waals surface area contributed by atoms with Gasteiger partial charge in [-0.25, -0.2) is 0 Å². The van der Waals surface area contributed by atoms with Crippen molar-refractivity contribution < 1.29 is 9.90 Å². The summed E-state index contributed by atoms with van der Waals surface area (Å²) in [4.78, 5) is 11.6. The summed E-state index contributed by atoms with van der Waals surface area (Å²) < 4.78 is 0. The van der Waals surface area contributed by atoms with Crippen molar-refractivity contribution in [3.05, 3.63) is 72.8 Å². The van der Waals surface area contributed by atoms with Crippen LogP contribution in [0.2, 0.25) is 0 Å². The quantitative estimate of drug-likeness (QED) is 0.523. The van der Waals surface area contributed by atoms with E-state index in [0.29, 0.717) is 0 Å². The van der Waals surface area contributed by atoms with E-state index >= 15 is 0 Å². The fraction of sp³-hybridized carbons (Fsp3) is 0.0455. The third-order valence-electron chi connectivity index (χ3n) is 4.37. The molecule has 25 heavy (non-hydrogen) atoms. The average molecular weight is 327 g/mol. The zero-order valence-electron chi connectivity index (χ0n) is 13.8. The standard InChI is InChI=1S/C22H17NO2/c1-14(24)23-20-11-5-9-15-8-4-10-18(22(15)20)19-12-16-6-2-3-7-17(16)13-21(19)25/h2-13,25H,1H3,(H,23,24). The molecule has 3 heteroatoms. The van der Waals surface area contributed by atoms with Crippen LogP contribution in [0.4, 0.5) is 5.69 Å². The lowest BCUT2D eigenvalue weighted by molar-refractivity contribution is -0.114. The second kappa shape index (κ2) is 5.95. The van der Waals surface area contributed by atoms with Crippen LogP contribution < -0.4 is 5.32 Å². The molecule has 0 bridgehead atoms. The Kier molecular flexibility index (Phi) is 3.62. The van der Waals surface area contributed by atoms with E-state index in [9.17, 15) is 9.90 Å². The van der Waals surface area contributed by atoms with E-state index in [4.69, 9.17) is 0 Å². The molecule has 0 radical (unpaired) electrons. The molecule has 0 heterocycles. The van der Waals surface area contributed by atoms with Crippen molar-refractivity contribution in [2.45, 2.75) is 6.92 Å². The molecule has 2 N–H and O–H groups in total. The van der Waals surface area contributed by atoms with Gasteiger partial charge in [0.25, 0.3) is 0 Å². The first-order valence-corrected chi connectivity index (χ1v) is 8.15. The summed E-state index contributed by atoms with van der Waals surface area (Å²) in [6, 6.07) is 23.4. The predicted octanol–water partition coefficient (Wildman–Crippen LogP) is 5.32. The molecule has 3 nitrogen and oxygen atoms in total. The van der Waals surface area contributed by atoms with Crippen LogP contribution in [0, 0.1) is 0 Å². The van der Waals surface area contributed by atoms with Crippen LogP contribution in [0.3, 0.4) is 0 Å².